The Balaban J connectivity index is 1.59. The van der Waals surface area contributed by atoms with Crippen LogP contribution in [0.4, 0.5) is 0 Å². The first-order valence-corrected chi connectivity index (χ1v) is 8.94. The van der Waals surface area contributed by atoms with E-state index in [0.29, 0.717) is 25.4 Å². The molecule has 0 unspecified atom stereocenters. The molecule has 1 saturated heterocycles. The Bertz CT molecular complexity index is 473. The summed E-state index contributed by atoms with van der Waals surface area (Å²) in [5.74, 6) is 0.858. The fraction of sp³-hybridized carbons (Fsp3) is 0.667. The zero-order chi connectivity index (χ0) is 16.7. The molecule has 4 nitrogen and oxygen atoms in total. The van der Waals surface area contributed by atoms with E-state index in [2.05, 4.69) is 20.8 Å². The summed E-state index contributed by atoms with van der Waals surface area (Å²) >= 11 is 6.10. The molecule has 0 radical (unpaired) electrons. The second-order valence-electron chi connectivity index (χ2n) is 6.23. The highest BCUT2D eigenvalue weighted by atomic mass is 35.5. The molecule has 1 aromatic rings. The Morgan fingerprint density at radius 2 is 1.91 bits per heavy atom. The van der Waals surface area contributed by atoms with Crippen LogP contribution >= 0.6 is 11.6 Å². The Morgan fingerprint density at radius 1 is 1.17 bits per heavy atom. The van der Waals surface area contributed by atoms with Gasteiger partial charge in [0.2, 0.25) is 0 Å². The molecule has 0 amide bonds. The van der Waals surface area contributed by atoms with Gasteiger partial charge in [-0.2, -0.15) is 0 Å². The van der Waals surface area contributed by atoms with Gasteiger partial charge in [-0.15, -0.1) is 0 Å². The van der Waals surface area contributed by atoms with Crippen LogP contribution in [0.5, 0.6) is 5.75 Å². The van der Waals surface area contributed by atoms with Crippen LogP contribution in [0, 0.1) is 0 Å². The highest BCUT2D eigenvalue weighted by Gasteiger charge is 2.24. The van der Waals surface area contributed by atoms with Crippen molar-refractivity contribution in [3.8, 4) is 5.75 Å². The van der Waals surface area contributed by atoms with Gasteiger partial charge in [0.25, 0.3) is 0 Å². The predicted octanol–water partition coefficient (Wildman–Crippen LogP) is 1.99. The maximum absolute atomic E-state index is 6.10. The van der Waals surface area contributed by atoms with E-state index in [1.54, 1.807) is 4.90 Å². The summed E-state index contributed by atoms with van der Waals surface area (Å²) in [5, 5.41) is 0.799. The number of nitrogens with one attached hydrogen (secondary N) is 1. The van der Waals surface area contributed by atoms with Crippen LogP contribution in [0.3, 0.4) is 0 Å². The van der Waals surface area contributed by atoms with Gasteiger partial charge in [0.15, 0.2) is 0 Å². The molecule has 2 rings (SSSR count). The largest absolute Gasteiger partial charge is 0.491 e. The maximum Gasteiger partial charge on any atom is 0.119 e. The van der Waals surface area contributed by atoms with Crippen LogP contribution in [0.1, 0.15) is 26.3 Å². The molecule has 130 valence electrons. The quantitative estimate of drug-likeness (QED) is 0.733. The average molecular weight is 343 g/mol. The topological polar surface area (TPSA) is 32.1 Å². The van der Waals surface area contributed by atoms with Gasteiger partial charge in [0, 0.05) is 5.02 Å². The molecule has 0 bridgehead atoms. The second kappa shape index (κ2) is 9.48. The van der Waals surface area contributed by atoms with Gasteiger partial charge in [0.05, 0.1) is 13.2 Å². The summed E-state index contributed by atoms with van der Waals surface area (Å²) in [7, 11) is 0. The first-order chi connectivity index (χ1) is 11.1. The number of ether oxygens (including phenoxy) is 3. The molecule has 0 saturated carbocycles. The van der Waals surface area contributed by atoms with Gasteiger partial charge in [0.1, 0.15) is 44.2 Å². The minimum absolute atomic E-state index is 0.342. The lowest BCUT2D eigenvalue weighted by Gasteiger charge is -2.32. The van der Waals surface area contributed by atoms with E-state index in [0.717, 1.165) is 49.0 Å². The number of morpholine rings is 1. The van der Waals surface area contributed by atoms with Crippen molar-refractivity contribution >= 4 is 11.6 Å². The summed E-state index contributed by atoms with van der Waals surface area (Å²) in [5.41, 5.74) is 1.12. The van der Waals surface area contributed by atoms with Crippen LogP contribution in [-0.2, 0) is 15.9 Å². The fourth-order valence-electron chi connectivity index (χ4n) is 3.04. The third-order valence-electron chi connectivity index (χ3n) is 4.11. The summed E-state index contributed by atoms with van der Waals surface area (Å²) in [6.07, 6.45) is 1.59. The van der Waals surface area contributed by atoms with Crippen LogP contribution < -0.4 is 9.64 Å². The van der Waals surface area contributed by atoms with Crippen molar-refractivity contribution in [3.05, 3.63) is 28.8 Å². The van der Waals surface area contributed by atoms with E-state index in [1.807, 2.05) is 18.2 Å². The van der Waals surface area contributed by atoms with Crippen LogP contribution in [-0.4, -0.2) is 51.7 Å². The highest BCUT2D eigenvalue weighted by molar-refractivity contribution is 6.31. The van der Waals surface area contributed by atoms with Crippen molar-refractivity contribution in [1.82, 2.24) is 0 Å². The highest BCUT2D eigenvalue weighted by Crippen LogP contribution is 2.22. The first kappa shape index (κ1) is 18.5. The van der Waals surface area contributed by atoms with Gasteiger partial charge >= 0.3 is 0 Å². The molecule has 1 aromatic carbocycles. The molecular weight excluding hydrogens is 314 g/mol. The number of hydrogen-bond donors (Lipinski definition) is 1. The lowest BCUT2D eigenvalue weighted by molar-refractivity contribution is -0.915. The lowest BCUT2D eigenvalue weighted by atomic mass is 10.1. The third-order valence-corrected chi connectivity index (χ3v) is 4.48. The zero-order valence-corrected chi connectivity index (χ0v) is 15.2. The van der Waals surface area contributed by atoms with Gasteiger partial charge in [-0.3, -0.25) is 0 Å². The van der Waals surface area contributed by atoms with Crippen molar-refractivity contribution in [2.24, 2.45) is 0 Å². The van der Waals surface area contributed by atoms with E-state index < -0.39 is 0 Å². The Morgan fingerprint density at radius 3 is 2.61 bits per heavy atom. The van der Waals surface area contributed by atoms with Crippen molar-refractivity contribution < 1.29 is 19.1 Å². The molecule has 1 fully saturated rings. The zero-order valence-electron chi connectivity index (χ0n) is 14.4. The number of hydrogen-bond acceptors (Lipinski definition) is 3. The summed E-state index contributed by atoms with van der Waals surface area (Å²) < 4.78 is 17.2. The smallest absolute Gasteiger partial charge is 0.119 e. The Kier molecular flexibility index (Phi) is 7.63. The molecule has 0 spiro atoms. The summed E-state index contributed by atoms with van der Waals surface area (Å²) in [6, 6.07) is 5.80. The molecule has 2 atom stereocenters. The molecule has 1 aliphatic rings. The van der Waals surface area contributed by atoms with Crippen molar-refractivity contribution in [2.45, 2.75) is 39.4 Å². The maximum atomic E-state index is 6.10. The number of rotatable bonds is 8. The van der Waals surface area contributed by atoms with Gasteiger partial charge in [-0.25, -0.2) is 0 Å². The van der Waals surface area contributed by atoms with Gasteiger partial charge in [-0.1, -0.05) is 18.5 Å². The van der Waals surface area contributed by atoms with Crippen molar-refractivity contribution in [2.75, 3.05) is 39.5 Å². The van der Waals surface area contributed by atoms with E-state index in [4.69, 9.17) is 25.8 Å². The minimum atomic E-state index is 0.342. The van der Waals surface area contributed by atoms with E-state index >= 15 is 0 Å². The molecule has 0 aliphatic carbocycles. The molecular formula is C18H29ClNO3+. The number of benzene rings is 1. The fourth-order valence-corrected chi connectivity index (χ4v) is 3.29. The lowest BCUT2D eigenvalue weighted by Crippen LogP contribution is -3.15. The summed E-state index contributed by atoms with van der Waals surface area (Å²) in [6.45, 7) is 11.5. The number of halogens is 1. The number of quaternary nitrogens is 1. The molecule has 5 heteroatoms. The molecule has 23 heavy (non-hydrogen) atoms. The van der Waals surface area contributed by atoms with Crippen LogP contribution in [0.2, 0.25) is 5.02 Å². The minimum Gasteiger partial charge on any atom is -0.491 e. The standard InChI is InChI=1S/C18H28ClNO3/c1-4-16-11-17(5-6-18(16)19)22-10-9-21-8-7-20-12-14(2)23-15(3)13-20/h5-6,11,14-15H,4,7-10,12-13H2,1-3H3/p+1/t14-,15-/m0/s1. The second-order valence-corrected chi connectivity index (χ2v) is 6.64. The number of aryl methyl sites for hydroxylation is 1. The van der Waals surface area contributed by atoms with Gasteiger partial charge in [-0.05, 0) is 44.0 Å². The summed E-state index contributed by atoms with van der Waals surface area (Å²) in [4.78, 5) is 1.56. The third kappa shape index (κ3) is 6.30. The molecule has 1 heterocycles. The van der Waals surface area contributed by atoms with E-state index in [9.17, 15) is 0 Å². The first-order valence-electron chi connectivity index (χ1n) is 8.56. The Labute approximate surface area is 144 Å². The SMILES string of the molecule is CCc1cc(OCCOCC[NH+]2C[C@H](C)O[C@@H](C)C2)ccc1Cl. The van der Waals surface area contributed by atoms with E-state index in [-0.39, 0.29) is 0 Å². The van der Waals surface area contributed by atoms with Crippen molar-refractivity contribution in [1.29, 1.82) is 0 Å². The normalized spacial score (nSPS) is 24.6. The van der Waals surface area contributed by atoms with Crippen molar-refractivity contribution in [3.63, 3.8) is 0 Å². The molecule has 1 N–H and O–H groups in total. The van der Waals surface area contributed by atoms with E-state index in [1.165, 1.54) is 0 Å². The van der Waals surface area contributed by atoms with Crippen LogP contribution in [0.25, 0.3) is 0 Å². The van der Waals surface area contributed by atoms with Crippen LogP contribution in [0.15, 0.2) is 18.2 Å². The molecule has 0 aromatic heterocycles. The average Bonchev–Trinajstić information content (AvgIpc) is 2.51. The molecule has 1 aliphatic heterocycles. The Hall–Kier alpha value is -0.810. The monoisotopic (exact) mass is 342 g/mol. The predicted molar refractivity (Wildman–Crippen MR) is 92.7 cm³/mol. The van der Waals surface area contributed by atoms with Gasteiger partial charge < -0.3 is 19.1 Å².